The number of hydrogen-bond donors (Lipinski definition) is 1. The molecule has 1 saturated heterocycles. The highest BCUT2D eigenvalue weighted by molar-refractivity contribution is 6.33. The van der Waals surface area contributed by atoms with Gasteiger partial charge < -0.3 is 10.6 Å². The Hall–Kier alpha value is -1.62. The summed E-state index contributed by atoms with van der Waals surface area (Å²) in [6, 6.07) is 1.61. The highest BCUT2D eigenvalue weighted by atomic mass is 35.5. The molecule has 0 unspecified atom stereocenters. The zero-order valence-electron chi connectivity index (χ0n) is 10.5. The van der Waals surface area contributed by atoms with Gasteiger partial charge in [0, 0.05) is 31.9 Å². The third-order valence-corrected chi connectivity index (χ3v) is 3.72. The topological polar surface area (TPSA) is 76.3 Å². The van der Waals surface area contributed by atoms with E-state index in [2.05, 4.69) is 4.98 Å². The van der Waals surface area contributed by atoms with E-state index in [4.69, 9.17) is 17.3 Å². The minimum atomic E-state index is -0.278. The number of primary amides is 1. The van der Waals surface area contributed by atoms with Crippen molar-refractivity contribution >= 4 is 23.4 Å². The molecule has 0 saturated carbocycles. The number of nitrogens with zero attached hydrogens (tertiary/aromatic N) is 2. The largest absolute Gasteiger partial charge is 0.370 e. The molecule has 19 heavy (non-hydrogen) atoms. The predicted molar refractivity (Wildman–Crippen MR) is 71.7 cm³/mol. The minimum absolute atomic E-state index is 0.101. The maximum absolute atomic E-state index is 12.3. The van der Waals surface area contributed by atoms with Crippen LogP contribution in [0.25, 0.3) is 0 Å². The van der Waals surface area contributed by atoms with Crippen molar-refractivity contribution in [2.75, 3.05) is 13.1 Å². The molecule has 2 heterocycles. The molecule has 0 atom stereocenters. The molecule has 5 nitrogen and oxygen atoms in total. The Balaban J connectivity index is 1.96. The lowest BCUT2D eigenvalue weighted by Gasteiger charge is -2.31. The van der Waals surface area contributed by atoms with E-state index in [-0.39, 0.29) is 17.7 Å². The molecule has 2 amide bonds. The molecule has 0 aromatic carbocycles. The van der Waals surface area contributed by atoms with Gasteiger partial charge in [-0.2, -0.15) is 0 Å². The van der Waals surface area contributed by atoms with Gasteiger partial charge in [0.1, 0.15) is 0 Å². The van der Waals surface area contributed by atoms with Gasteiger partial charge in [-0.05, 0) is 24.8 Å². The van der Waals surface area contributed by atoms with Crippen molar-refractivity contribution < 1.29 is 9.59 Å². The fourth-order valence-corrected chi connectivity index (χ4v) is 2.52. The van der Waals surface area contributed by atoms with Crippen LogP contribution in [0.3, 0.4) is 0 Å². The van der Waals surface area contributed by atoms with Gasteiger partial charge in [-0.1, -0.05) is 11.6 Å². The SMILES string of the molecule is NC(=O)CC1CCN(C(=O)c2cnccc2Cl)CC1. The molecule has 102 valence electrons. The normalized spacial score (nSPS) is 16.4. The Kier molecular flexibility index (Phi) is 4.37. The van der Waals surface area contributed by atoms with E-state index >= 15 is 0 Å². The van der Waals surface area contributed by atoms with E-state index < -0.39 is 0 Å². The number of rotatable bonds is 3. The smallest absolute Gasteiger partial charge is 0.256 e. The third-order valence-electron chi connectivity index (χ3n) is 3.39. The number of carbonyl (C=O) groups is 2. The van der Waals surface area contributed by atoms with Crippen LogP contribution in [0.15, 0.2) is 18.5 Å². The van der Waals surface area contributed by atoms with Crippen LogP contribution < -0.4 is 5.73 Å². The molecule has 1 aliphatic heterocycles. The summed E-state index contributed by atoms with van der Waals surface area (Å²) in [4.78, 5) is 28.8. The summed E-state index contributed by atoms with van der Waals surface area (Å²) >= 11 is 5.99. The molecule has 1 aliphatic rings. The first-order valence-electron chi connectivity index (χ1n) is 6.25. The minimum Gasteiger partial charge on any atom is -0.370 e. The van der Waals surface area contributed by atoms with Crippen molar-refractivity contribution in [3.63, 3.8) is 0 Å². The van der Waals surface area contributed by atoms with E-state index in [1.54, 1.807) is 17.2 Å². The Labute approximate surface area is 116 Å². The lowest BCUT2D eigenvalue weighted by molar-refractivity contribution is -0.119. The van der Waals surface area contributed by atoms with Crippen molar-refractivity contribution in [3.05, 3.63) is 29.0 Å². The number of pyridine rings is 1. The maximum Gasteiger partial charge on any atom is 0.256 e. The van der Waals surface area contributed by atoms with Crippen molar-refractivity contribution in [2.45, 2.75) is 19.3 Å². The zero-order valence-corrected chi connectivity index (χ0v) is 11.3. The summed E-state index contributed by atoms with van der Waals surface area (Å²) in [6.07, 6.45) is 5.03. The monoisotopic (exact) mass is 281 g/mol. The molecule has 1 aromatic rings. The van der Waals surface area contributed by atoms with E-state index in [0.717, 1.165) is 12.8 Å². The van der Waals surface area contributed by atoms with Gasteiger partial charge in [0.2, 0.25) is 5.91 Å². The van der Waals surface area contributed by atoms with E-state index in [1.807, 2.05) is 0 Å². The van der Waals surface area contributed by atoms with Gasteiger partial charge in [0.15, 0.2) is 0 Å². The lowest BCUT2D eigenvalue weighted by Crippen LogP contribution is -2.39. The number of halogens is 1. The molecule has 0 spiro atoms. The van der Waals surface area contributed by atoms with Crippen LogP contribution in [0.2, 0.25) is 5.02 Å². The first-order chi connectivity index (χ1) is 9.08. The highest BCUT2D eigenvalue weighted by Gasteiger charge is 2.25. The van der Waals surface area contributed by atoms with E-state index in [0.29, 0.717) is 30.1 Å². The Morgan fingerprint density at radius 3 is 2.68 bits per heavy atom. The zero-order chi connectivity index (χ0) is 13.8. The van der Waals surface area contributed by atoms with Gasteiger partial charge in [0.25, 0.3) is 5.91 Å². The average Bonchev–Trinajstić information content (AvgIpc) is 2.39. The van der Waals surface area contributed by atoms with Gasteiger partial charge >= 0.3 is 0 Å². The van der Waals surface area contributed by atoms with Gasteiger partial charge in [-0.25, -0.2) is 0 Å². The second-order valence-electron chi connectivity index (χ2n) is 4.76. The van der Waals surface area contributed by atoms with Crippen molar-refractivity contribution in [2.24, 2.45) is 11.7 Å². The van der Waals surface area contributed by atoms with Crippen LogP contribution in [0.5, 0.6) is 0 Å². The molecule has 0 radical (unpaired) electrons. The summed E-state index contributed by atoms with van der Waals surface area (Å²) in [6.45, 7) is 1.25. The fraction of sp³-hybridized carbons (Fsp3) is 0.462. The van der Waals surface area contributed by atoms with Crippen LogP contribution in [-0.2, 0) is 4.79 Å². The Bertz CT molecular complexity index is 485. The summed E-state index contributed by atoms with van der Waals surface area (Å²) in [7, 11) is 0. The quantitative estimate of drug-likeness (QED) is 0.911. The molecule has 0 aliphatic carbocycles. The van der Waals surface area contributed by atoms with Crippen LogP contribution in [-0.4, -0.2) is 34.8 Å². The van der Waals surface area contributed by atoms with Crippen LogP contribution in [0, 0.1) is 5.92 Å². The number of piperidine rings is 1. The second kappa shape index (κ2) is 6.02. The Morgan fingerprint density at radius 2 is 2.11 bits per heavy atom. The van der Waals surface area contributed by atoms with Crippen molar-refractivity contribution in [1.29, 1.82) is 0 Å². The molecule has 0 bridgehead atoms. The Morgan fingerprint density at radius 1 is 1.42 bits per heavy atom. The molecule has 6 heteroatoms. The first-order valence-corrected chi connectivity index (χ1v) is 6.63. The van der Waals surface area contributed by atoms with Gasteiger partial charge in [-0.3, -0.25) is 14.6 Å². The van der Waals surface area contributed by atoms with E-state index in [9.17, 15) is 9.59 Å². The number of aromatic nitrogens is 1. The number of likely N-dealkylation sites (tertiary alicyclic amines) is 1. The fourth-order valence-electron chi connectivity index (χ4n) is 2.33. The van der Waals surface area contributed by atoms with Crippen LogP contribution in [0.4, 0.5) is 0 Å². The second-order valence-corrected chi connectivity index (χ2v) is 5.17. The number of carbonyl (C=O) groups excluding carboxylic acids is 2. The summed E-state index contributed by atoms with van der Waals surface area (Å²) in [5.74, 6) is -0.0957. The number of hydrogen-bond acceptors (Lipinski definition) is 3. The summed E-state index contributed by atoms with van der Waals surface area (Å²) < 4.78 is 0. The van der Waals surface area contributed by atoms with Gasteiger partial charge in [0.05, 0.1) is 10.6 Å². The third kappa shape index (κ3) is 3.44. The van der Waals surface area contributed by atoms with Gasteiger partial charge in [-0.15, -0.1) is 0 Å². The van der Waals surface area contributed by atoms with Crippen molar-refractivity contribution in [3.8, 4) is 0 Å². The average molecular weight is 282 g/mol. The number of amides is 2. The highest BCUT2D eigenvalue weighted by Crippen LogP contribution is 2.23. The number of nitrogens with two attached hydrogens (primary N) is 1. The maximum atomic E-state index is 12.3. The molecule has 1 fully saturated rings. The first kappa shape index (κ1) is 13.8. The lowest BCUT2D eigenvalue weighted by atomic mass is 9.93. The summed E-state index contributed by atoms with van der Waals surface area (Å²) in [5, 5.41) is 0.416. The van der Waals surface area contributed by atoms with E-state index in [1.165, 1.54) is 6.20 Å². The van der Waals surface area contributed by atoms with Crippen molar-refractivity contribution in [1.82, 2.24) is 9.88 Å². The summed E-state index contributed by atoms with van der Waals surface area (Å²) in [5.41, 5.74) is 5.61. The standard InChI is InChI=1S/C13H16ClN3O2/c14-11-1-4-16-8-10(11)13(19)17-5-2-9(3-6-17)7-12(15)18/h1,4,8-9H,2-3,5-7H2,(H2,15,18). The molecular formula is C13H16ClN3O2. The molecular weight excluding hydrogens is 266 g/mol. The van der Waals surface area contributed by atoms with Crippen LogP contribution >= 0.6 is 11.6 Å². The molecule has 2 N–H and O–H groups in total. The molecule has 1 aromatic heterocycles. The van der Waals surface area contributed by atoms with Crippen LogP contribution in [0.1, 0.15) is 29.6 Å². The predicted octanol–water partition coefficient (Wildman–Crippen LogP) is 1.46. The molecule has 2 rings (SSSR count).